The summed E-state index contributed by atoms with van der Waals surface area (Å²) in [5.74, 6) is -0.189. The minimum absolute atomic E-state index is 0.0338. The number of benzene rings is 1. The number of piperidine rings is 1. The molecule has 164 valence electrons. The third-order valence-corrected chi connectivity index (χ3v) is 5.65. The first-order valence-corrected chi connectivity index (χ1v) is 10.6. The second-order valence-corrected chi connectivity index (χ2v) is 9.06. The lowest BCUT2D eigenvalue weighted by Crippen LogP contribution is -2.59. The molecule has 1 aromatic rings. The quantitative estimate of drug-likeness (QED) is 0.785. The number of nitrogens with zero attached hydrogens (tertiary/aromatic N) is 3. The number of para-hydroxylation sites is 1. The Morgan fingerprint density at radius 1 is 1.10 bits per heavy atom. The van der Waals surface area contributed by atoms with Gasteiger partial charge in [-0.1, -0.05) is 18.2 Å². The predicted octanol–water partition coefficient (Wildman–Crippen LogP) is 1.77. The largest absolute Gasteiger partial charge is 0.355 e. The van der Waals surface area contributed by atoms with Crippen molar-refractivity contribution in [2.24, 2.45) is 0 Å². The van der Waals surface area contributed by atoms with Gasteiger partial charge in [-0.15, -0.1) is 0 Å². The number of rotatable bonds is 4. The van der Waals surface area contributed by atoms with E-state index in [0.717, 1.165) is 5.69 Å². The minimum atomic E-state index is -0.730. The van der Waals surface area contributed by atoms with Gasteiger partial charge in [-0.3, -0.25) is 9.59 Å². The predicted molar refractivity (Wildman–Crippen MR) is 116 cm³/mol. The Hall–Kier alpha value is -2.77. The number of carbonyl (C=O) groups is 3. The van der Waals surface area contributed by atoms with Gasteiger partial charge in [0.2, 0.25) is 5.91 Å². The SMILES string of the molecule is CCNC(=O)CN1CN(c2ccccc2)C2(CCN(C(=O)NC(C)(C)C)CC2)C1=O. The lowest BCUT2D eigenvalue weighted by molar-refractivity contribution is -0.137. The zero-order valence-corrected chi connectivity index (χ0v) is 18.4. The standard InChI is InChI=1S/C22H33N5O3/c1-5-23-18(28)15-26-16-27(17-9-7-6-8-10-17)22(19(26)29)11-13-25(14-12-22)20(30)24-21(2,3)4/h6-10H,5,11-16H2,1-4H3,(H,23,28)(H,24,30). The smallest absolute Gasteiger partial charge is 0.317 e. The average Bonchev–Trinajstić information content (AvgIpc) is 2.94. The molecule has 0 aromatic heterocycles. The van der Waals surface area contributed by atoms with Crippen LogP contribution in [0.5, 0.6) is 0 Å². The van der Waals surface area contributed by atoms with Crippen molar-refractivity contribution in [2.75, 3.05) is 37.7 Å². The van der Waals surface area contributed by atoms with Gasteiger partial charge in [-0.05, 0) is 52.7 Å². The molecule has 30 heavy (non-hydrogen) atoms. The number of hydrogen-bond acceptors (Lipinski definition) is 4. The van der Waals surface area contributed by atoms with E-state index in [2.05, 4.69) is 15.5 Å². The van der Waals surface area contributed by atoms with Gasteiger partial charge in [-0.25, -0.2) is 4.79 Å². The van der Waals surface area contributed by atoms with Crippen LogP contribution in [0.25, 0.3) is 0 Å². The molecule has 8 heteroatoms. The maximum absolute atomic E-state index is 13.5. The molecule has 2 N–H and O–H groups in total. The van der Waals surface area contributed by atoms with Crippen LogP contribution in [0.15, 0.2) is 30.3 Å². The van der Waals surface area contributed by atoms with Gasteiger partial charge in [-0.2, -0.15) is 0 Å². The molecular formula is C22H33N5O3. The van der Waals surface area contributed by atoms with Crippen molar-refractivity contribution in [3.05, 3.63) is 30.3 Å². The van der Waals surface area contributed by atoms with Gasteiger partial charge in [0.05, 0.1) is 6.67 Å². The molecule has 0 bridgehead atoms. The van der Waals surface area contributed by atoms with Crippen molar-refractivity contribution in [1.82, 2.24) is 20.4 Å². The summed E-state index contributed by atoms with van der Waals surface area (Å²) in [6, 6.07) is 9.72. The summed E-state index contributed by atoms with van der Waals surface area (Å²) in [7, 11) is 0. The van der Waals surface area contributed by atoms with Crippen molar-refractivity contribution in [3.8, 4) is 0 Å². The van der Waals surface area contributed by atoms with Gasteiger partial charge < -0.3 is 25.3 Å². The van der Waals surface area contributed by atoms with Crippen LogP contribution in [0.1, 0.15) is 40.5 Å². The number of amides is 4. The number of hydrogen-bond donors (Lipinski definition) is 2. The molecule has 0 radical (unpaired) electrons. The average molecular weight is 416 g/mol. The van der Waals surface area contributed by atoms with Crippen LogP contribution in [0.2, 0.25) is 0 Å². The Balaban J connectivity index is 1.80. The fraction of sp³-hybridized carbons (Fsp3) is 0.591. The highest BCUT2D eigenvalue weighted by Crippen LogP contribution is 2.39. The topological polar surface area (TPSA) is 85.0 Å². The number of carbonyl (C=O) groups excluding carboxylic acids is 3. The summed E-state index contributed by atoms with van der Waals surface area (Å²) in [6.07, 6.45) is 1.06. The van der Waals surface area contributed by atoms with Crippen LogP contribution >= 0.6 is 0 Å². The van der Waals surface area contributed by atoms with E-state index < -0.39 is 5.54 Å². The first-order valence-electron chi connectivity index (χ1n) is 10.6. The first kappa shape index (κ1) is 21.9. The fourth-order valence-corrected chi connectivity index (χ4v) is 4.23. The number of anilines is 1. The summed E-state index contributed by atoms with van der Waals surface area (Å²) in [5, 5.41) is 5.77. The molecule has 0 atom stereocenters. The molecule has 0 unspecified atom stereocenters. The summed E-state index contributed by atoms with van der Waals surface area (Å²) in [5.41, 5.74) is -0.0850. The second-order valence-electron chi connectivity index (χ2n) is 9.06. The Morgan fingerprint density at radius 3 is 2.30 bits per heavy atom. The van der Waals surface area contributed by atoms with E-state index in [0.29, 0.717) is 39.1 Å². The van der Waals surface area contributed by atoms with E-state index >= 15 is 0 Å². The molecule has 2 fully saturated rings. The summed E-state index contributed by atoms with van der Waals surface area (Å²) in [6.45, 7) is 9.65. The fourth-order valence-electron chi connectivity index (χ4n) is 4.23. The third kappa shape index (κ3) is 4.52. The lowest BCUT2D eigenvalue weighted by atomic mass is 9.85. The Morgan fingerprint density at radius 2 is 1.73 bits per heavy atom. The van der Waals surface area contributed by atoms with Crippen LogP contribution in [0.4, 0.5) is 10.5 Å². The van der Waals surface area contributed by atoms with Crippen molar-refractivity contribution in [1.29, 1.82) is 0 Å². The molecule has 4 amide bonds. The molecular weight excluding hydrogens is 382 g/mol. The van der Waals surface area contributed by atoms with E-state index in [9.17, 15) is 14.4 Å². The van der Waals surface area contributed by atoms with Gasteiger partial charge in [0.25, 0.3) is 5.91 Å². The Kier molecular flexibility index (Phi) is 6.24. The van der Waals surface area contributed by atoms with Crippen LogP contribution in [0.3, 0.4) is 0 Å². The normalized spacial score (nSPS) is 18.7. The first-order chi connectivity index (χ1) is 14.2. The summed E-state index contributed by atoms with van der Waals surface area (Å²) >= 11 is 0. The van der Waals surface area contributed by atoms with Crippen LogP contribution in [-0.4, -0.2) is 71.6 Å². The van der Waals surface area contributed by atoms with Crippen molar-refractivity contribution in [3.63, 3.8) is 0 Å². The van der Waals surface area contributed by atoms with E-state index in [1.54, 1.807) is 9.80 Å². The molecule has 2 aliphatic rings. The summed E-state index contributed by atoms with van der Waals surface area (Å²) in [4.78, 5) is 43.7. The maximum Gasteiger partial charge on any atom is 0.317 e. The zero-order chi connectivity index (χ0) is 21.9. The highest BCUT2D eigenvalue weighted by Gasteiger charge is 2.54. The Labute approximate surface area is 178 Å². The molecule has 3 rings (SSSR count). The lowest BCUT2D eigenvalue weighted by Gasteiger charge is -2.43. The number of nitrogens with one attached hydrogen (secondary N) is 2. The summed E-state index contributed by atoms with van der Waals surface area (Å²) < 4.78 is 0. The minimum Gasteiger partial charge on any atom is -0.355 e. The molecule has 0 aliphatic carbocycles. The van der Waals surface area contributed by atoms with Crippen molar-refractivity contribution in [2.45, 2.75) is 51.6 Å². The van der Waals surface area contributed by atoms with Crippen molar-refractivity contribution < 1.29 is 14.4 Å². The molecule has 2 heterocycles. The zero-order valence-electron chi connectivity index (χ0n) is 18.4. The molecule has 0 saturated carbocycles. The van der Waals surface area contributed by atoms with Crippen molar-refractivity contribution >= 4 is 23.5 Å². The van der Waals surface area contributed by atoms with Crippen LogP contribution in [0, 0.1) is 0 Å². The van der Waals surface area contributed by atoms with E-state index in [1.165, 1.54) is 0 Å². The monoisotopic (exact) mass is 415 g/mol. The number of likely N-dealkylation sites (tertiary alicyclic amines) is 1. The third-order valence-electron chi connectivity index (χ3n) is 5.65. The molecule has 8 nitrogen and oxygen atoms in total. The van der Waals surface area contributed by atoms with E-state index in [-0.39, 0.29) is 29.9 Å². The molecule has 2 aliphatic heterocycles. The molecule has 1 spiro atoms. The van der Waals surface area contributed by atoms with Crippen LogP contribution in [-0.2, 0) is 9.59 Å². The van der Waals surface area contributed by atoms with Gasteiger partial charge in [0, 0.05) is 30.9 Å². The van der Waals surface area contributed by atoms with Gasteiger partial charge in [0.1, 0.15) is 12.1 Å². The Bertz CT molecular complexity index is 782. The highest BCUT2D eigenvalue weighted by molar-refractivity contribution is 5.96. The number of urea groups is 1. The maximum atomic E-state index is 13.5. The number of likely N-dealkylation sites (N-methyl/N-ethyl adjacent to an activating group) is 1. The molecule has 2 saturated heterocycles. The van der Waals surface area contributed by atoms with Gasteiger partial charge in [0.15, 0.2) is 0 Å². The van der Waals surface area contributed by atoms with E-state index in [4.69, 9.17) is 0 Å². The highest BCUT2D eigenvalue weighted by atomic mass is 16.2. The second kappa shape index (κ2) is 8.53. The molecule has 1 aromatic carbocycles. The van der Waals surface area contributed by atoms with Gasteiger partial charge >= 0.3 is 6.03 Å². The van der Waals surface area contributed by atoms with Crippen LogP contribution < -0.4 is 15.5 Å². The van der Waals surface area contributed by atoms with E-state index in [1.807, 2.05) is 58.0 Å².